The molecular weight excluding hydrogens is 444 g/mol. The molecule has 0 bridgehead atoms. The summed E-state index contributed by atoms with van der Waals surface area (Å²) in [5.74, 6) is -0.771. The molecule has 1 aliphatic carbocycles. The minimum atomic E-state index is -0.788. The molecular formula is C26H29ClO4S. The first-order valence-corrected chi connectivity index (χ1v) is 12.2. The fourth-order valence-electron chi connectivity index (χ4n) is 3.92. The number of carbonyl (C=O) groups excluding carboxylic acids is 1. The van der Waals surface area contributed by atoms with Crippen molar-refractivity contribution in [2.24, 2.45) is 11.8 Å². The van der Waals surface area contributed by atoms with Crippen LogP contribution in [-0.4, -0.2) is 28.1 Å². The van der Waals surface area contributed by atoms with Crippen molar-refractivity contribution in [1.29, 1.82) is 0 Å². The first kappa shape index (κ1) is 24.4. The van der Waals surface area contributed by atoms with E-state index in [4.69, 9.17) is 16.7 Å². The molecule has 0 saturated carbocycles. The number of carboxylic acid groups (broad SMARTS) is 1. The number of aryl methyl sites for hydroxylation is 1. The van der Waals surface area contributed by atoms with Crippen LogP contribution in [0.4, 0.5) is 0 Å². The van der Waals surface area contributed by atoms with Gasteiger partial charge in [-0.25, -0.2) is 0 Å². The number of fused-ring (bicyclic) bond motifs is 1. The Hall–Kier alpha value is -2.21. The second kappa shape index (κ2) is 12.1. The number of halogens is 1. The first-order chi connectivity index (χ1) is 15.5. The maximum atomic E-state index is 12.4. The van der Waals surface area contributed by atoms with Gasteiger partial charge >= 0.3 is 5.97 Å². The molecule has 2 aromatic rings. The minimum absolute atomic E-state index is 0.0394. The molecule has 4 nitrogen and oxygen atoms in total. The molecule has 0 aliphatic heterocycles. The van der Waals surface area contributed by atoms with Crippen LogP contribution in [0, 0.1) is 11.8 Å². The summed E-state index contributed by atoms with van der Waals surface area (Å²) in [6, 6.07) is 8.04. The van der Waals surface area contributed by atoms with E-state index in [1.807, 2.05) is 48.6 Å². The Morgan fingerprint density at radius 3 is 2.88 bits per heavy atom. The number of Topliss-reactive ketones (excluding diaryl/α,β-unsaturated/α-hetero) is 1. The zero-order valence-corrected chi connectivity index (χ0v) is 19.5. The molecule has 3 atom stereocenters. The Morgan fingerprint density at radius 2 is 2.09 bits per heavy atom. The standard InChI is InChI=1S/C26H29ClO4S/c27-26-21-10-5-6-12-23(21)32-24(26)17-16-19(28)15-14-18-8-7-11-22(29)20(18)9-3-1-2-4-13-25(30)31/h1,3,5-8,10,12,14-15,18-20,28H,2,4,9,11,13,16-17H2,(H,30,31)/t18-,19?,20-/m1/s1. The van der Waals surface area contributed by atoms with Gasteiger partial charge in [0.2, 0.25) is 0 Å². The van der Waals surface area contributed by atoms with Gasteiger partial charge in [0.05, 0.1) is 11.1 Å². The van der Waals surface area contributed by atoms with Gasteiger partial charge < -0.3 is 10.2 Å². The monoisotopic (exact) mass is 472 g/mol. The fourth-order valence-corrected chi connectivity index (χ4v) is 5.46. The molecule has 0 spiro atoms. The van der Waals surface area contributed by atoms with Crippen LogP contribution in [-0.2, 0) is 16.0 Å². The zero-order valence-electron chi connectivity index (χ0n) is 18.0. The van der Waals surface area contributed by atoms with Crippen molar-refractivity contribution >= 4 is 44.8 Å². The number of unbranched alkanes of at least 4 members (excludes halogenated alkanes) is 1. The van der Waals surface area contributed by atoms with E-state index in [1.54, 1.807) is 17.4 Å². The summed E-state index contributed by atoms with van der Waals surface area (Å²) in [6.07, 6.45) is 14.8. The molecule has 2 N–H and O–H groups in total. The molecule has 6 heteroatoms. The number of aliphatic hydroxyl groups excluding tert-OH is 1. The van der Waals surface area contributed by atoms with Gasteiger partial charge in [-0.05, 0) is 38.2 Å². The summed E-state index contributed by atoms with van der Waals surface area (Å²) >= 11 is 8.16. The SMILES string of the molecule is O=C(O)CCCC=CC[C@H]1C(=O)CC=C[C@@H]1C=CC(O)CCc1sc2ccccc2c1Cl. The lowest BCUT2D eigenvalue weighted by Gasteiger charge is -2.23. The van der Waals surface area contributed by atoms with Crippen molar-refractivity contribution in [2.75, 3.05) is 0 Å². The lowest BCUT2D eigenvalue weighted by Crippen LogP contribution is -2.24. The number of carboxylic acids is 1. The lowest BCUT2D eigenvalue weighted by molar-refractivity contribution is -0.137. The van der Waals surface area contributed by atoms with Gasteiger partial charge in [-0.15, -0.1) is 11.3 Å². The van der Waals surface area contributed by atoms with Gasteiger partial charge in [-0.1, -0.05) is 66.3 Å². The number of hydrogen-bond donors (Lipinski definition) is 2. The van der Waals surface area contributed by atoms with E-state index < -0.39 is 12.1 Å². The van der Waals surface area contributed by atoms with Crippen molar-refractivity contribution < 1.29 is 19.8 Å². The van der Waals surface area contributed by atoms with Gasteiger partial charge in [0.25, 0.3) is 0 Å². The van der Waals surface area contributed by atoms with Crippen molar-refractivity contribution in [1.82, 2.24) is 0 Å². The number of ketones is 1. The summed E-state index contributed by atoms with van der Waals surface area (Å²) in [5, 5.41) is 21.0. The number of aliphatic hydroxyl groups is 1. The van der Waals surface area contributed by atoms with Crippen molar-refractivity contribution in [3.63, 3.8) is 0 Å². The minimum Gasteiger partial charge on any atom is -0.481 e. The molecule has 1 aliphatic rings. The Bertz CT molecular complexity index is 1020. The highest BCUT2D eigenvalue weighted by molar-refractivity contribution is 7.19. The second-order valence-electron chi connectivity index (χ2n) is 8.10. The van der Waals surface area contributed by atoms with Crippen LogP contribution in [0.2, 0.25) is 5.02 Å². The average molecular weight is 473 g/mol. The van der Waals surface area contributed by atoms with E-state index in [-0.39, 0.29) is 24.0 Å². The summed E-state index contributed by atoms with van der Waals surface area (Å²) in [4.78, 5) is 24.1. The highest BCUT2D eigenvalue weighted by Crippen LogP contribution is 2.36. The van der Waals surface area contributed by atoms with Crippen molar-refractivity contribution in [3.05, 3.63) is 70.6 Å². The molecule has 1 aromatic heterocycles. The third-order valence-corrected chi connectivity index (χ3v) is 7.47. The Kier molecular flexibility index (Phi) is 9.27. The topological polar surface area (TPSA) is 74.6 Å². The highest BCUT2D eigenvalue weighted by Gasteiger charge is 2.26. The third-order valence-electron chi connectivity index (χ3n) is 5.70. The molecule has 0 fully saturated rings. The van der Waals surface area contributed by atoms with Crippen LogP contribution in [0.1, 0.15) is 43.4 Å². The maximum absolute atomic E-state index is 12.4. The van der Waals surface area contributed by atoms with E-state index in [2.05, 4.69) is 6.07 Å². The Morgan fingerprint density at radius 1 is 1.28 bits per heavy atom. The average Bonchev–Trinajstić information content (AvgIpc) is 3.10. The van der Waals surface area contributed by atoms with Gasteiger partial charge in [0, 0.05) is 39.6 Å². The number of benzene rings is 1. The number of carbonyl (C=O) groups is 2. The number of rotatable bonds is 11. The van der Waals surface area contributed by atoms with Gasteiger partial charge in [0.1, 0.15) is 5.78 Å². The summed E-state index contributed by atoms with van der Waals surface area (Å²) in [6.45, 7) is 0. The molecule has 0 radical (unpaired) electrons. The van der Waals surface area contributed by atoms with Crippen molar-refractivity contribution in [2.45, 2.75) is 51.0 Å². The fraction of sp³-hybridized carbons (Fsp3) is 0.385. The van der Waals surface area contributed by atoms with E-state index in [9.17, 15) is 14.7 Å². The molecule has 0 amide bonds. The van der Waals surface area contributed by atoms with Gasteiger partial charge in [-0.3, -0.25) is 9.59 Å². The number of hydrogen-bond acceptors (Lipinski definition) is 4. The van der Waals surface area contributed by atoms with E-state index >= 15 is 0 Å². The number of aliphatic carboxylic acids is 1. The lowest BCUT2D eigenvalue weighted by atomic mass is 9.80. The molecule has 1 aromatic carbocycles. The van der Waals surface area contributed by atoms with Crippen LogP contribution in [0.5, 0.6) is 0 Å². The van der Waals surface area contributed by atoms with Crippen LogP contribution in [0.3, 0.4) is 0 Å². The van der Waals surface area contributed by atoms with Crippen molar-refractivity contribution in [3.8, 4) is 0 Å². The smallest absolute Gasteiger partial charge is 0.303 e. The molecule has 0 saturated heterocycles. The predicted octanol–water partition coefficient (Wildman–Crippen LogP) is 6.37. The normalized spacial score (nSPS) is 20.0. The molecule has 170 valence electrons. The van der Waals surface area contributed by atoms with E-state index in [0.29, 0.717) is 38.5 Å². The van der Waals surface area contributed by atoms with Gasteiger partial charge in [0.15, 0.2) is 0 Å². The summed E-state index contributed by atoms with van der Waals surface area (Å²) in [7, 11) is 0. The largest absolute Gasteiger partial charge is 0.481 e. The van der Waals surface area contributed by atoms with Crippen LogP contribution in [0.15, 0.2) is 60.7 Å². The summed E-state index contributed by atoms with van der Waals surface area (Å²) in [5.41, 5.74) is 0. The molecule has 3 rings (SSSR count). The quantitative estimate of drug-likeness (QED) is 0.294. The zero-order chi connectivity index (χ0) is 22.9. The van der Waals surface area contributed by atoms with Crippen LogP contribution >= 0.6 is 22.9 Å². The van der Waals surface area contributed by atoms with E-state index in [1.165, 1.54) is 0 Å². The van der Waals surface area contributed by atoms with Crippen LogP contribution < -0.4 is 0 Å². The number of thiophene rings is 1. The first-order valence-electron chi connectivity index (χ1n) is 11.0. The Labute approximate surface area is 197 Å². The molecule has 1 unspecified atom stereocenters. The molecule has 32 heavy (non-hydrogen) atoms. The second-order valence-corrected chi connectivity index (χ2v) is 9.62. The Balaban J connectivity index is 1.52. The third kappa shape index (κ3) is 6.89. The van der Waals surface area contributed by atoms with E-state index in [0.717, 1.165) is 20.0 Å². The highest BCUT2D eigenvalue weighted by atomic mass is 35.5. The van der Waals surface area contributed by atoms with Crippen LogP contribution in [0.25, 0.3) is 10.1 Å². The molecule has 1 heterocycles. The van der Waals surface area contributed by atoms with Gasteiger partial charge in [-0.2, -0.15) is 0 Å². The number of allylic oxidation sites excluding steroid dienone is 5. The maximum Gasteiger partial charge on any atom is 0.303 e. The predicted molar refractivity (Wildman–Crippen MR) is 131 cm³/mol. The summed E-state index contributed by atoms with van der Waals surface area (Å²) < 4.78 is 1.15.